The van der Waals surface area contributed by atoms with E-state index in [-0.39, 0.29) is 0 Å². The summed E-state index contributed by atoms with van der Waals surface area (Å²) in [5.41, 5.74) is 2.97. The van der Waals surface area contributed by atoms with Crippen LogP contribution >= 0.6 is 0 Å². The molecule has 1 aliphatic carbocycles. The van der Waals surface area contributed by atoms with Gasteiger partial charge in [0, 0.05) is 12.6 Å². The van der Waals surface area contributed by atoms with Gasteiger partial charge in [-0.05, 0) is 48.6 Å². The molecule has 0 spiro atoms. The Morgan fingerprint density at radius 3 is 2.50 bits per heavy atom. The zero-order valence-electron chi connectivity index (χ0n) is 12.1. The van der Waals surface area contributed by atoms with Crippen LogP contribution in [0.3, 0.4) is 0 Å². The van der Waals surface area contributed by atoms with Gasteiger partial charge in [0.05, 0.1) is 0 Å². The summed E-state index contributed by atoms with van der Waals surface area (Å²) in [6.07, 6.45) is 5.25. The predicted molar refractivity (Wildman–Crippen MR) is 78.6 cm³/mol. The number of rotatable bonds is 4. The molecule has 18 heavy (non-hydrogen) atoms. The van der Waals surface area contributed by atoms with Gasteiger partial charge in [0.2, 0.25) is 0 Å². The molecule has 0 radical (unpaired) electrons. The predicted octanol–water partition coefficient (Wildman–Crippen LogP) is 4.16. The third-order valence-corrected chi connectivity index (χ3v) is 4.49. The molecule has 1 fully saturated rings. The molecule has 0 amide bonds. The number of hydrogen-bond donors (Lipinski definition) is 1. The van der Waals surface area contributed by atoms with E-state index in [1.54, 1.807) is 0 Å². The summed E-state index contributed by atoms with van der Waals surface area (Å²) >= 11 is 0. The molecule has 2 rings (SSSR count). The summed E-state index contributed by atoms with van der Waals surface area (Å²) in [6, 6.07) is 9.53. The number of benzene rings is 1. The summed E-state index contributed by atoms with van der Waals surface area (Å²) in [6.45, 7) is 8.06. The Morgan fingerprint density at radius 2 is 1.83 bits per heavy atom. The van der Waals surface area contributed by atoms with Gasteiger partial charge in [-0.15, -0.1) is 0 Å². The highest BCUT2D eigenvalue weighted by molar-refractivity contribution is 5.26. The first-order valence-electron chi connectivity index (χ1n) is 7.50. The zero-order valence-corrected chi connectivity index (χ0v) is 12.1. The Bertz CT molecular complexity index is 372. The summed E-state index contributed by atoms with van der Waals surface area (Å²) in [4.78, 5) is 0. The molecule has 1 heteroatoms. The highest BCUT2D eigenvalue weighted by Crippen LogP contribution is 2.28. The van der Waals surface area contributed by atoms with Crippen molar-refractivity contribution in [2.45, 2.75) is 59.0 Å². The van der Waals surface area contributed by atoms with Gasteiger partial charge in [-0.25, -0.2) is 0 Å². The first-order chi connectivity index (χ1) is 8.70. The van der Waals surface area contributed by atoms with Crippen LogP contribution in [0.4, 0.5) is 0 Å². The molecule has 0 bridgehead atoms. The molecule has 3 unspecified atom stereocenters. The molecule has 1 N–H and O–H groups in total. The first kappa shape index (κ1) is 13.6. The van der Waals surface area contributed by atoms with E-state index in [2.05, 4.69) is 50.4 Å². The van der Waals surface area contributed by atoms with Crippen molar-refractivity contribution in [1.82, 2.24) is 5.32 Å². The lowest BCUT2D eigenvalue weighted by Gasteiger charge is -2.33. The lowest BCUT2D eigenvalue weighted by molar-refractivity contribution is 0.227. The third kappa shape index (κ3) is 3.35. The van der Waals surface area contributed by atoms with E-state index in [4.69, 9.17) is 0 Å². The van der Waals surface area contributed by atoms with E-state index in [9.17, 15) is 0 Å². The summed E-state index contributed by atoms with van der Waals surface area (Å²) in [7, 11) is 0. The highest BCUT2D eigenvalue weighted by Gasteiger charge is 2.24. The second-order valence-electron chi connectivity index (χ2n) is 6.01. The molecule has 100 valence electrons. The summed E-state index contributed by atoms with van der Waals surface area (Å²) in [5.74, 6) is 1.74. The Hall–Kier alpha value is -0.820. The van der Waals surface area contributed by atoms with Crippen LogP contribution in [0.25, 0.3) is 0 Å². The standard InChI is InChI=1S/C17H27N/c1-4-15-7-5-6-8-16(15)12-18-17-10-9-13(2)11-14(17)3/h5-8,13-14,17-18H,4,9-12H2,1-3H3. The van der Waals surface area contributed by atoms with Crippen molar-refractivity contribution in [3.8, 4) is 0 Å². The van der Waals surface area contributed by atoms with Crippen molar-refractivity contribution in [3.63, 3.8) is 0 Å². The first-order valence-corrected chi connectivity index (χ1v) is 7.50. The normalized spacial score (nSPS) is 28.3. The molecule has 1 nitrogen and oxygen atoms in total. The van der Waals surface area contributed by atoms with Crippen molar-refractivity contribution in [1.29, 1.82) is 0 Å². The molecule has 1 saturated carbocycles. The maximum absolute atomic E-state index is 3.78. The minimum atomic E-state index is 0.714. The van der Waals surface area contributed by atoms with Crippen LogP contribution in [0.2, 0.25) is 0 Å². The molecule has 1 aromatic rings. The lowest BCUT2D eigenvalue weighted by atomic mass is 9.80. The van der Waals surface area contributed by atoms with Crippen molar-refractivity contribution in [2.75, 3.05) is 0 Å². The third-order valence-electron chi connectivity index (χ3n) is 4.49. The molecule has 0 heterocycles. The van der Waals surface area contributed by atoms with E-state index >= 15 is 0 Å². The van der Waals surface area contributed by atoms with Gasteiger partial charge in [0.1, 0.15) is 0 Å². The van der Waals surface area contributed by atoms with Crippen LogP contribution < -0.4 is 5.32 Å². The fourth-order valence-electron chi connectivity index (χ4n) is 3.28. The molecule has 0 saturated heterocycles. The van der Waals surface area contributed by atoms with Crippen LogP contribution in [0.1, 0.15) is 51.2 Å². The average Bonchev–Trinajstić information content (AvgIpc) is 2.38. The maximum atomic E-state index is 3.78. The topological polar surface area (TPSA) is 12.0 Å². The van der Waals surface area contributed by atoms with Crippen LogP contribution in [0, 0.1) is 11.8 Å². The van der Waals surface area contributed by atoms with E-state index in [1.807, 2.05) is 0 Å². The van der Waals surface area contributed by atoms with Crippen LogP contribution in [0.5, 0.6) is 0 Å². The van der Waals surface area contributed by atoms with Gasteiger partial charge in [-0.3, -0.25) is 0 Å². The smallest absolute Gasteiger partial charge is 0.0210 e. The van der Waals surface area contributed by atoms with Crippen molar-refractivity contribution in [2.24, 2.45) is 11.8 Å². The Labute approximate surface area is 112 Å². The largest absolute Gasteiger partial charge is 0.310 e. The van der Waals surface area contributed by atoms with E-state index in [0.717, 1.165) is 24.8 Å². The van der Waals surface area contributed by atoms with Crippen molar-refractivity contribution < 1.29 is 0 Å². The van der Waals surface area contributed by atoms with Crippen molar-refractivity contribution in [3.05, 3.63) is 35.4 Å². The highest BCUT2D eigenvalue weighted by atomic mass is 14.9. The Kier molecular flexibility index (Phi) is 4.82. The van der Waals surface area contributed by atoms with E-state index in [1.165, 1.54) is 30.4 Å². The van der Waals surface area contributed by atoms with Crippen LogP contribution in [-0.4, -0.2) is 6.04 Å². The van der Waals surface area contributed by atoms with E-state index < -0.39 is 0 Å². The van der Waals surface area contributed by atoms with Gasteiger partial charge >= 0.3 is 0 Å². The quantitative estimate of drug-likeness (QED) is 0.839. The molecule has 0 aliphatic heterocycles. The van der Waals surface area contributed by atoms with Gasteiger partial charge in [-0.2, -0.15) is 0 Å². The summed E-state index contributed by atoms with van der Waals surface area (Å²) < 4.78 is 0. The SMILES string of the molecule is CCc1ccccc1CNC1CCC(C)CC1C. The lowest BCUT2D eigenvalue weighted by Crippen LogP contribution is -2.38. The van der Waals surface area contributed by atoms with Gasteiger partial charge in [0.25, 0.3) is 0 Å². The fourth-order valence-corrected chi connectivity index (χ4v) is 3.28. The molecular formula is C17H27N. The van der Waals surface area contributed by atoms with Crippen LogP contribution in [-0.2, 0) is 13.0 Å². The minimum Gasteiger partial charge on any atom is -0.310 e. The summed E-state index contributed by atoms with van der Waals surface area (Å²) in [5, 5.41) is 3.78. The van der Waals surface area contributed by atoms with Crippen LogP contribution in [0.15, 0.2) is 24.3 Å². The monoisotopic (exact) mass is 245 g/mol. The Balaban J connectivity index is 1.91. The van der Waals surface area contributed by atoms with E-state index in [0.29, 0.717) is 6.04 Å². The maximum Gasteiger partial charge on any atom is 0.0210 e. The van der Waals surface area contributed by atoms with Gasteiger partial charge in [-0.1, -0.05) is 45.0 Å². The molecule has 0 aromatic heterocycles. The zero-order chi connectivity index (χ0) is 13.0. The van der Waals surface area contributed by atoms with Gasteiger partial charge in [0.15, 0.2) is 0 Å². The molecule has 3 atom stereocenters. The average molecular weight is 245 g/mol. The molecule has 1 aromatic carbocycles. The minimum absolute atomic E-state index is 0.714. The number of nitrogens with one attached hydrogen (secondary N) is 1. The number of hydrogen-bond acceptors (Lipinski definition) is 1. The molecular weight excluding hydrogens is 218 g/mol. The second kappa shape index (κ2) is 6.38. The second-order valence-corrected chi connectivity index (χ2v) is 6.01. The van der Waals surface area contributed by atoms with Gasteiger partial charge < -0.3 is 5.32 Å². The number of aryl methyl sites for hydroxylation is 1. The fraction of sp³-hybridized carbons (Fsp3) is 0.647. The van der Waals surface area contributed by atoms with Crippen molar-refractivity contribution >= 4 is 0 Å². The Morgan fingerprint density at radius 1 is 1.11 bits per heavy atom. The molecule has 1 aliphatic rings.